The normalized spacial score (nSPS) is 16.7. The second-order valence-electron chi connectivity index (χ2n) is 10.1. The van der Waals surface area contributed by atoms with Gasteiger partial charge in [-0.15, -0.1) is 0 Å². The lowest BCUT2D eigenvalue weighted by Crippen LogP contribution is -2.53. The highest BCUT2D eigenvalue weighted by molar-refractivity contribution is 5.94. The van der Waals surface area contributed by atoms with Gasteiger partial charge in [0.25, 0.3) is 0 Å². The molecule has 2 aromatic carbocycles. The number of Topliss-reactive ketones (excluding diaryl/α,β-unsaturated/α-hetero) is 1. The lowest BCUT2D eigenvalue weighted by atomic mass is 9.93. The Kier molecular flexibility index (Phi) is 10.9. The molecule has 8 nitrogen and oxygen atoms in total. The van der Waals surface area contributed by atoms with Crippen LogP contribution in [0.4, 0.5) is 4.79 Å². The minimum absolute atomic E-state index is 0.0501. The van der Waals surface area contributed by atoms with Crippen LogP contribution in [0.1, 0.15) is 44.2 Å². The minimum Gasteiger partial charge on any atom is -0.445 e. The molecule has 1 fully saturated rings. The fourth-order valence-electron chi connectivity index (χ4n) is 4.58. The van der Waals surface area contributed by atoms with E-state index in [2.05, 4.69) is 17.6 Å². The highest BCUT2D eigenvalue weighted by atomic mass is 16.5. The molecule has 203 valence electrons. The Morgan fingerprint density at radius 2 is 1.61 bits per heavy atom. The van der Waals surface area contributed by atoms with E-state index in [4.69, 9.17) is 4.74 Å². The number of hydrogen-bond acceptors (Lipinski definition) is 5. The zero-order valence-electron chi connectivity index (χ0n) is 22.2. The molecule has 2 aromatic rings. The SMILES string of the molecule is [CH2]CN1CC[C@@H](CC(=O)C(Cc2ccccc2)NC(=O)[C@H](CC(C)C)NC(=O)OCc2ccccc2)C1=O. The number of hydrogen-bond donors (Lipinski definition) is 2. The van der Waals surface area contributed by atoms with Crippen molar-refractivity contribution in [3.05, 3.63) is 78.7 Å². The van der Waals surface area contributed by atoms with Crippen molar-refractivity contribution < 1.29 is 23.9 Å². The monoisotopic (exact) mass is 520 g/mol. The molecule has 1 aliphatic rings. The summed E-state index contributed by atoms with van der Waals surface area (Å²) in [5.41, 5.74) is 1.72. The van der Waals surface area contributed by atoms with Crippen molar-refractivity contribution >= 4 is 23.7 Å². The van der Waals surface area contributed by atoms with Gasteiger partial charge in [0, 0.05) is 25.4 Å². The number of nitrogens with zero attached hydrogens (tertiary/aromatic N) is 1. The number of carbonyl (C=O) groups excluding carboxylic acids is 4. The van der Waals surface area contributed by atoms with Gasteiger partial charge in [0.2, 0.25) is 11.8 Å². The zero-order chi connectivity index (χ0) is 27.5. The number of amides is 3. The molecule has 2 N–H and O–H groups in total. The fraction of sp³-hybridized carbons (Fsp3) is 0.433. The van der Waals surface area contributed by atoms with E-state index >= 15 is 0 Å². The van der Waals surface area contributed by atoms with Gasteiger partial charge < -0.3 is 20.3 Å². The molecule has 1 radical (unpaired) electrons. The average Bonchev–Trinajstić information content (AvgIpc) is 3.26. The quantitative estimate of drug-likeness (QED) is 0.419. The van der Waals surface area contributed by atoms with Crippen LogP contribution in [-0.2, 0) is 32.1 Å². The van der Waals surface area contributed by atoms with Crippen LogP contribution in [0.3, 0.4) is 0 Å². The molecule has 0 aliphatic carbocycles. The first-order valence-electron chi connectivity index (χ1n) is 13.2. The van der Waals surface area contributed by atoms with Crippen LogP contribution in [0.15, 0.2) is 60.7 Å². The van der Waals surface area contributed by atoms with Gasteiger partial charge in [0.05, 0.1) is 6.04 Å². The Bertz CT molecular complexity index is 1070. The molecular weight excluding hydrogens is 482 g/mol. The second-order valence-corrected chi connectivity index (χ2v) is 10.1. The Balaban J connectivity index is 1.68. The number of ether oxygens (including phenoxy) is 1. The van der Waals surface area contributed by atoms with Crippen LogP contribution in [0.2, 0.25) is 0 Å². The molecule has 0 spiro atoms. The van der Waals surface area contributed by atoms with Gasteiger partial charge in [-0.1, -0.05) is 74.5 Å². The molecule has 1 saturated heterocycles. The maximum absolute atomic E-state index is 13.4. The number of carbonyl (C=O) groups is 4. The molecule has 3 rings (SSSR count). The number of rotatable bonds is 13. The highest BCUT2D eigenvalue weighted by Crippen LogP contribution is 2.22. The summed E-state index contributed by atoms with van der Waals surface area (Å²) in [4.78, 5) is 53.5. The average molecular weight is 521 g/mol. The number of benzene rings is 2. The summed E-state index contributed by atoms with van der Waals surface area (Å²) in [6.45, 7) is 8.71. The first kappa shape index (κ1) is 28.9. The molecular formula is C30H38N3O5. The molecule has 0 saturated carbocycles. The number of ketones is 1. The summed E-state index contributed by atoms with van der Waals surface area (Å²) < 4.78 is 5.32. The maximum atomic E-state index is 13.4. The van der Waals surface area contributed by atoms with Gasteiger partial charge in [0.15, 0.2) is 5.78 Å². The van der Waals surface area contributed by atoms with Crippen molar-refractivity contribution in [3.63, 3.8) is 0 Å². The van der Waals surface area contributed by atoms with Crippen molar-refractivity contribution in [3.8, 4) is 0 Å². The van der Waals surface area contributed by atoms with Gasteiger partial charge in [-0.3, -0.25) is 14.4 Å². The summed E-state index contributed by atoms with van der Waals surface area (Å²) >= 11 is 0. The van der Waals surface area contributed by atoms with Gasteiger partial charge in [-0.25, -0.2) is 4.79 Å². The summed E-state index contributed by atoms with van der Waals surface area (Å²) in [6.07, 6.45) is 0.604. The third-order valence-electron chi connectivity index (χ3n) is 6.64. The summed E-state index contributed by atoms with van der Waals surface area (Å²) in [5.74, 6) is -1.04. The van der Waals surface area contributed by atoms with Gasteiger partial charge >= 0.3 is 6.09 Å². The van der Waals surface area contributed by atoms with E-state index < -0.39 is 30.0 Å². The Morgan fingerprint density at radius 3 is 2.18 bits per heavy atom. The lowest BCUT2D eigenvalue weighted by molar-refractivity contribution is -0.134. The summed E-state index contributed by atoms with van der Waals surface area (Å²) in [6, 6.07) is 17.0. The van der Waals surface area contributed by atoms with Crippen molar-refractivity contribution in [1.82, 2.24) is 15.5 Å². The molecule has 1 unspecified atom stereocenters. The Hall–Kier alpha value is -3.68. The predicted molar refractivity (Wildman–Crippen MR) is 145 cm³/mol. The van der Waals surface area contributed by atoms with Crippen molar-refractivity contribution in [2.75, 3.05) is 13.1 Å². The van der Waals surface area contributed by atoms with Crippen LogP contribution >= 0.6 is 0 Å². The summed E-state index contributed by atoms with van der Waals surface area (Å²) in [5, 5.41) is 5.54. The van der Waals surface area contributed by atoms with E-state index in [0.717, 1.165) is 11.1 Å². The van der Waals surface area contributed by atoms with Crippen molar-refractivity contribution in [1.29, 1.82) is 0 Å². The van der Waals surface area contributed by atoms with Crippen LogP contribution in [0.5, 0.6) is 0 Å². The predicted octanol–water partition coefficient (Wildman–Crippen LogP) is 3.70. The molecule has 1 heterocycles. The molecule has 0 aromatic heterocycles. The summed E-state index contributed by atoms with van der Waals surface area (Å²) in [7, 11) is 0. The Morgan fingerprint density at radius 1 is 0.974 bits per heavy atom. The smallest absolute Gasteiger partial charge is 0.408 e. The van der Waals surface area contributed by atoms with E-state index in [1.54, 1.807) is 4.90 Å². The first-order chi connectivity index (χ1) is 18.3. The van der Waals surface area contributed by atoms with Gasteiger partial charge in [0.1, 0.15) is 12.6 Å². The van der Waals surface area contributed by atoms with Gasteiger partial charge in [-0.2, -0.15) is 0 Å². The minimum atomic E-state index is -0.876. The fourth-order valence-corrected chi connectivity index (χ4v) is 4.58. The topological polar surface area (TPSA) is 105 Å². The third-order valence-corrected chi connectivity index (χ3v) is 6.64. The van der Waals surface area contributed by atoms with E-state index in [1.807, 2.05) is 74.5 Å². The molecule has 3 atom stereocenters. The standard InChI is InChI=1S/C30H38N3O5/c1-4-33-16-15-24(29(33)36)19-27(34)25(18-22-11-7-5-8-12-22)31-28(35)26(17-21(2)3)32-30(37)38-20-23-13-9-6-10-14-23/h5-14,21,24-26H,1,4,15-20H2,2-3H3,(H,31,35)(H,32,37)/t24-,25?,26-/m0/s1. The van der Waals surface area contributed by atoms with Crippen LogP contribution in [0, 0.1) is 18.8 Å². The lowest BCUT2D eigenvalue weighted by Gasteiger charge is -2.24. The molecule has 38 heavy (non-hydrogen) atoms. The molecule has 0 bridgehead atoms. The van der Waals surface area contributed by atoms with Crippen LogP contribution < -0.4 is 10.6 Å². The Labute approximate surface area is 225 Å². The van der Waals surface area contributed by atoms with E-state index in [-0.39, 0.29) is 37.1 Å². The first-order valence-corrected chi connectivity index (χ1v) is 13.2. The number of nitrogens with one attached hydrogen (secondary N) is 2. The maximum Gasteiger partial charge on any atom is 0.408 e. The van der Waals surface area contributed by atoms with E-state index in [0.29, 0.717) is 25.9 Å². The third kappa shape index (κ3) is 8.71. The number of alkyl carbamates (subject to hydrolysis) is 1. The molecule has 1 aliphatic heterocycles. The van der Waals surface area contributed by atoms with Crippen molar-refractivity contribution in [2.24, 2.45) is 11.8 Å². The van der Waals surface area contributed by atoms with Crippen LogP contribution in [-0.4, -0.2) is 53.8 Å². The molecule has 8 heteroatoms. The van der Waals surface area contributed by atoms with E-state index in [1.165, 1.54) is 0 Å². The number of likely N-dealkylation sites (tertiary alicyclic amines) is 1. The molecule has 3 amide bonds. The van der Waals surface area contributed by atoms with Crippen LogP contribution in [0.25, 0.3) is 0 Å². The van der Waals surface area contributed by atoms with E-state index in [9.17, 15) is 19.2 Å². The second kappa shape index (κ2) is 14.3. The zero-order valence-corrected chi connectivity index (χ0v) is 22.2. The van der Waals surface area contributed by atoms with Gasteiger partial charge in [-0.05, 0) is 43.2 Å². The van der Waals surface area contributed by atoms with Crippen molar-refractivity contribution in [2.45, 2.75) is 58.2 Å². The largest absolute Gasteiger partial charge is 0.445 e. The highest BCUT2D eigenvalue weighted by Gasteiger charge is 2.35.